The number of carbonyl (C=O) groups is 1. The molecule has 1 aromatic heterocycles. The highest BCUT2D eigenvalue weighted by atomic mass is 35.5. The standard InChI is InChI=1S/C19H23ClN6O5S/c20-15-10-13(26(28)29)3-4-16(15)21-17(27)12-32-19-23-22-18(24-5-8-30-9-6-24)25(19)11-14-2-1-7-31-14/h3-4,10,14H,1-2,5-9,11-12H2,(H,21,27). The molecule has 2 saturated heterocycles. The number of nitro benzene ring substituents is 1. The molecule has 13 heteroatoms. The average molecular weight is 483 g/mol. The summed E-state index contributed by atoms with van der Waals surface area (Å²) in [6.07, 6.45) is 2.10. The topological polar surface area (TPSA) is 125 Å². The molecule has 2 aliphatic heterocycles. The van der Waals surface area contributed by atoms with Gasteiger partial charge >= 0.3 is 0 Å². The fourth-order valence-corrected chi connectivity index (χ4v) is 4.54. The van der Waals surface area contributed by atoms with Crippen molar-refractivity contribution >= 4 is 46.6 Å². The number of thioether (sulfide) groups is 1. The molecule has 172 valence electrons. The Kier molecular flexibility index (Phi) is 7.45. The normalized spacial score (nSPS) is 18.7. The monoisotopic (exact) mass is 482 g/mol. The Morgan fingerprint density at radius 2 is 2.12 bits per heavy atom. The molecule has 1 atom stereocenters. The highest BCUT2D eigenvalue weighted by molar-refractivity contribution is 7.99. The van der Waals surface area contributed by atoms with Crippen molar-refractivity contribution in [3.8, 4) is 0 Å². The van der Waals surface area contributed by atoms with Crippen molar-refractivity contribution in [2.45, 2.75) is 30.6 Å². The lowest BCUT2D eigenvalue weighted by molar-refractivity contribution is -0.384. The van der Waals surface area contributed by atoms with Crippen LogP contribution in [0.2, 0.25) is 5.02 Å². The first-order valence-corrected chi connectivity index (χ1v) is 11.6. The zero-order valence-electron chi connectivity index (χ0n) is 17.2. The zero-order chi connectivity index (χ0) is 22.5. The summed E-state index contributed by atoms with van der Waals surface area (Å²) in [4.78, 5) is 24.9. The maximum atomic E-state index is 12.5. The average Bonchev–Trinajstić information content (AvgIpc) is 3.44. The van der Waals surface area contributed by atoms with Gasteiger partial charge < -0.3 is 19.7 Å². The molecule has 0 radical (unpaired) electrons. The van der Waals surface area contributed by atoms with E-state index in [0.717, 1.165) is 38.5 Å². The molecule has 3 heterocycles. The molecule has 2 aromatic rings. The van der Waals surface area contributed by atoms with Crippen molar-refractivity contribution in [3.63, 3.8) is 0 Å². The van der Waals surface area contributed by atoms with E-state index >= 15 is 0 Å². The number of nitrogens with zero attached hydrogens (tertiary/aromatic N) is 5. The Morgan fingerprint density at radius 1 is 1.31 bits per heavy atom. The number of hydrogen-bond donors (Lipinski definition) is 1. The summed E-state index contributed by atoms with van der Waals surface area (Å²) in [5.74, 6) is 0.538. The minimum atomic E-state index is -0.541. The van der Waals surface area contributed by atoms with E-state index in [1.54, 1.807) is 0 Å². The number of nitro groups is 1. The summed E-state index contributed by atoms with van der Waals surface area (Å²) in [5.41, 5.74) is 0.179. The maximum Gasteiger partial charge on any atom is 0.271 e. The molecule has 1 N–H and O–H groups in total. The Bertz CT molecular complexity index is 977. The van der Waals surface area contributed by atoms with Crippen molar-refractivity contribution in [3.05, 3.63) is 33.3 Å². The van der Waals surface area contributed by atoms with Gasteiger partial charge in [-0.15, -0.1) is 10.2 Å². The molecule has 1 amide bonds. The van der Waals surface area contributed by atoms with Gasteiger partial charge in [-0.3, -0.25) is 19.5 Å². The molecule has 0 spiro atoms. The number of benzene rings is 1. The number of anilines is 2. The molecule has 11 nitrogen and oxygen atoms in total. The van der Waals surface area contributed by atoms with Crippen molar-refractivity contribution < 1.29 is 19.2 Å². The van der Waals surface area contributed by atoms with Gasteiger partial charge in [0.1, 0.15) is 0 Å². The van der Waals surface area contributed by atoms with Crippen LogP contribution in [0, 0.1) is 10.1 Å². The van der Waals surface area contributed by atoms with Gasteiger partial charge in [0.05, 0.1) is 47.2 Å². The molecule has 2 fully saturated rings. The van der Waals surface area contributed by atoms with E-state index in [1.807, 2.05) is 4.57 Å². The molecule has 0 saturated carbocycles. The van der Waals surface area contributed by atoms with E-state index in [0.29, 0.717) is 30.6 Å². The van der Waals surface area contributed by atoms with Crippen LogP contribution < -0.4 is 10.2 Å². The Hall–Kier alpha value is -2.41. The van der Waals surface area contributed by atoms with Crippen LogP contribution in [0.25, 0.3) is 0 Å². The summed E-state index contributed by atoms with van der Waals surface area (Å²) in [6, 6.07) is 3.91. The molecular weight excluding hydrogens is 460 g/mol. The van der Waals surface area contributed by atoms with E-state index in [4.69, 9.17) is 21.1 Å². The van der Waals surface area contributed by atoms with Gasteiger partial charge in [0, 0.05) is 31.8 Å². The third kappa shape index (κ3) is 5.49. The molecule has 0 aliphatic carbocycles. The highest BCUT2D eigenvalue weighted by Gasteiger charge is 2.25. The van der Waals surface area contributed by atoms with Crippen molar-refractivity contribution in [1.82, 2.24) is 14.8 Å². The number of ether oxygens (including phenoxy) is 2. The third-order valence-electron chi connectivity index (χ3n) is 5.17. The van der Waals surface area contributed by atoms with Crippen LogP contribution in [-0.2, 0) is 20.8 Å². The molecule has 1 unspecified atom stereocenters. The van der Waals surface area contributed by atoms with Gasteiger partial charge in [0.2, 0.25) is 11.9 Å². The minimum Gasteiger partial charge on any atom is -0.378 e. The first kappa shape index (κ1) is 22.8. The van der Waals surface area contributed by atoms with Crippen LogP contribution in [0.1, 0.15) is 12.8 Å². The van der Waals surface area contributed by atoms with Gasteiger partial charge in [-0.25, -0.2) is 0 Å². The fraction of sp³-hybridized carbons (Fsp3) is 0.526. The maximum absolute atomic E-state index is 12.5. The number of halogens is 1. The van der Waals surface area contributed by atoms with Crippen molar-refractivity contribution in [2.75, 3.05) is 48.9 Å². The Labute approximate surface area is 193 Å². The van der Waals surface area contributed by atoms with Gasteiger partial charge in [-0.05, 0) is 18.9 Å². The molecular formula is C19H23ClN6O5S. The SMILES string of the molecule is O=C(CSc1nnc(N2CCOCC2)n1CC1CCCO1)Nc1ccc([N+](=O)[O-])cc1Cl. The smallest absolute Gasteiger partial charge is 0.271 e. The van der Waals surface area contributed by atoms with E-state index in [9.17, 15) is 14.9 Å². The first-order chi connectivity index (χ1) is 15.5. The number of amides is 1. The van der Waals surface area contributed by atoms with Gasteiger partial charge in [-0.2, -0.15) is 0 Å². The second kappa shape index (κ2) is 10.5. The summed E-state index contributed by atoms with van der Waals surface area (Å²) >= 11 is 7.33. The summed E-state index contributed by atoms with van der Waals surface area (Å²) in [7, 11) is 0. The van der Waals surface area contributed by atoms with E-state index < -0.39 is 4.92 Å². The van der Waals surface area contributed by atoms with Crippen molar-refractivity contribution in [1.29, 1.82) is 0 Å². The number of nitrogens with one attached hydrogen (secondary N) is 1. The van der Waals surface area contributed by atoms with Crippen molar-refractivity contribution in [2.24, 2.45) is 0 Å². The quantitative estimate of drug-likeness (QED) is 0.343. The lowest BCUT2D eigenvalue weighted by atomic mass is 10.2. The van der Waals surface area contributed by atoms with Crippen LogP contribution >= 0.6 is 23.4 Å². The second-order valence-electron chi connectivity index (χ2n) is 7.39. The number of aromatic nitrogens is 3. The van der Waals surface area contributed by atoms with E-state index in [-0.39, 0.29) is 28.5 Å². The Balaban J connectivity index is 1.43. The largest absolute Gasteiger partial charge is 0.378 e. The van der Waals surface area contributed by atoms with Gasteiger partial charge in [-0.1, -0.05) is 23.4 Å². The number of morpholine rings is 1. The van der Waals surface area contributed by atoms with Gasteiger partial charge in [0.25, 0.3) is 5.69 Å². The predicted molar refractivity (Wildman–Crippen MR) is 119 cm³/mol. The molecule has 4 rings (SSSR count). The van der Waals surface area contributed by atoms with Crippen LogP contribution in [-0.4, -0.2) is 70.4 Å². The first-order valence-electron chi connectivity index (χ1n) is 10.3. The fourth-order valence-electron chi connectivity index (χ4n) is 3.57. The summed E-state index contributed by atoms with van der Waals surface area (Å²) in [5, 5.41) is 23.0. The van der Waals surface area contributed by atoms with E-state index in [2.05, 4.69) is 20.4 Å². The highest BCUT2D eigenvalue weighted by Crippen LogP contribution is 2.28. The van der Waals surface area contributed by atoms with Crippen LogP contribution in [0.5, 0.6) is 0 Å². The van der Waals surface area contributed by atoms with Gasteiger partial charge in [0.15, 0.2) is 5.16 Å². The molecule has 0 bridgehead atoms. The Morgan fingerprint density at radius 3 is 2.81 bits per heavy atom. The zero-order valence-corrected chi connectivity index (χ0v) is 18.8. The van der Waals surface area contributed by atoms with Crippen LogP contribution in [0.4, 0.5) is 17.3 Å². The van der Waals surface area contributed by atoms with E-state index in [1.165, 1.54) is 30.0 Å². The van der Waals surface area contributed by atoms with Crippen LogP contribution in [0.15, 0.2) is 23.4 Å². The lowest BCUT2D eigenvalue weighted by Crippen LogP contribution is -2.38. The molecule has 2 aliphatic rings. The third-order valence-corrected chi connectivity index (χ3v) is 6.45. The second-order valence-corrected chi connectivity index (χ2v) is 8.74. The number of rotatable bonds is 8. The molecule has 1 aromatic carbocycles. The number of hydrogen-bond acceptors (Lipinski definition) is 9. The summed E-state index contributed by atoms with van der Waals surface area (Å²) in [6.45, 7) is 4.10. The summed E-state index contributed by atoms with van der Waals surface area (Å²) < 4.78 is 13.2. The predicted octanol–water partition coefficient (Wildman–Crippen LogP) is 2.59. The lowest BCUT2D eigenvalue weighted by Gasteiger charge is -2.28. The minimum absolute atomic E-state index is 0.0834. The number of carbonyl (C=O) groups excluding carboxylic acids is 1. The number of non-ortho nitro benzene ring substituents is 1. The molecule has 32 heavy (non-hydrogen) atoms. The van der Waals surface area contributed by atoms with Crippen LogP contribution in [0.3, 0.4) is 0 Å².